The van der Waals surface area contributed by atoms with Crippen LogP contribution in [0.3, 0.4) is 0 Å². The zero-order chi connectivity index (χ0) is 13.4. The van der Waals surface area contributed by atoms with Crippen molar-refractivity contribution in [2.75, 3.05) is 0 Å². The van der Waals surface area contributed by atoms with E-state index in [4.69, 9.17) is 5.11 Å². The lowest BCUT2D eigenvalue weighted by Gasteiger charge is -2.13. The molecule has 18 heavy (non-hydrogen) atoms. The third-order valence-corrected chi connectivity index (χ3v) is 2.99. The SMILES string of the molecule is CCn1c(=O)c(C(=O)O)c(O)c2cccc(C)c21. The average Bonchev–Trinajstić information content (AvgIpc) is 2.30. The van der Waals surface area contributed by atoms with Crippen LogP contribution in [-0.4, -0.2) is 20.7 Å². The summed E-state index contributed by atoms with van der Waals surface area (Å²) in [6, 6.07) is 5.14. The summed E-state index contributed by atoms with van der Waals surface area (Å²) in [5.74, 6) is -1.88. The molecule has 0 aliphatic heterocycles. The highest BCUT2D eigenvalue weighted by molar-refractivity contribution is 5.99. The third kappa shape index (κ3) is 1.55. The van der Waals surface area contributed by atoms with Gasteiger partial charge in [0, 0.05) is 11.9 Å². The lowest BCUT2D eigenvalue weighted by molar-refractivity contribution is 0.0691. The fourth-order valence-electron chi connectivity index (χ4n) is 2.18. The van der Waals surface area contributed by atoms with Crippen molar-refractivity contribution in [3.05, 3.63) is 39.7 Å². The minimum Gasteiger partial charge on any atom is -0.506 e. The smallest absolute Gasteiger partial charge is 0.345 e. The van der Waals surface area contributed by atoms with E-state index in [2.05, 4.69) is 0 Å². The second-order valence-electron chi connectivity index (χ2n) is 4.05. The van der Waals surface area contributed by atoms with Crippen LogP contribution in [-0.2, 0) is 6.54 Å². The lowest BCUT2D eigenvalue weighted by Crippen LogP contribution is -2.26. The zero-order valence-corrected chi connectivity index (χ0v) is 10.1. The zero-order valence-electron chi connectivity index (χ0n) is 10.1. The number of aromatic hydroxyl groups is 1. The van der Waals surface area contributed by atoms with E-state index in [1.807, 2.05) is 13.0 Å². The van der Waals surface area contributed by atoms with Crippen LogP contribution in [0.5, 0.6) is 5.75 Å². The molecule has 1 aromatic carbocycles. The summed E-state index contributed by atoms with van der Waals surface area (Å²) in [6.07, 6.45) is 0. The minimum absolute atomic E-state index is 0.348. The van der Waals surface area contributed by atoms with Crippen molar-refractivity contribution in [1.29, 1.82) is 0 Å². The first kappa shape index (κ1) is 12.2. The highest BCUT2D eigenvalue weighted by Crippen LogP contribution is 2.28. The van der Waals surface area contributed by atoms with Gasteiger partial charge in [-0.2, -0.15) is 0 Å². The number of hydrogen-bond donors (Lipinski definition) is 2. The van der Waals surface area contributed by atoms with Crippen molar-refractivity contribution >= 4 is 16.9 Å². The topological polar surface area (TPSA) is 79.5 Å². The molecule has 0 saturated heterocycles. The number of benzene rings is 1. The van der Waals surface area contributed by atoms with Crippen LogP contribution in [0.15, 0.2) is 23.0 Å². The van der Waals surface area contributed by atoms with Gasteiger partial charge in [0.25, 0.3) is 5.56 Å². The molecule has 94 valence electrons. The Morgan fingerprint density at radius 1 is 1.39 bits per heavy atom. The number of carbonyl (C=O) groups is 1. The summed E-state index contributed by atoms with van der Waals surface area (Å²) in [6.45, 7) is 3.92. The largest absolute Gasteiger partial charge is 0.506 e. The van der Waals surface area contributed by atoms with Gasteiger partial charge in [-0.25, -0.2) is 4.79 Å². The first-order chi connectivity index (χ1) is 8.49. The number of nitrogens with zero attached hydrogens (tertiary/aromatic N) is 1. The van der Waals surface area contributed by atoms with Crippen LogP contribution in [0.4, 0.5) is 0 Å². The summed E-state index contributed by atoms with van der Waals surface area (Å²) < 4.78 is 1.37. The van der Waals surface area contributed by atoms with E-state index in [9.17, 15) is 14.7 Å². The maximum Gasteiger partial charge on any atom is 0.345 e. The quantitative estimate of drug-likeness (QED) is 0.847. The summed E-state index contributed by atoms with van der Waals surface area (Å²) in [5.41, 5.74) is 0.144. The maximum atomic E-state index is 12.1. The van der Waals surface area contributed by atoms with Gasteiger partial charge in [0.05, 0.1) is 5.52 Å². The maximum absolute atomic E-state index is 12.1. The molecule has 5 nitrogen and oxygen atoms in total. The van der Waals surface area contributed by atoms with Gasteiger partial charge in [0.2, 0.25) is 0 Å². The summed E-state index contributed by atoms with van der Waals surface area (Å²) >= 11 is 0. The second-order valence-corrected chi connectivity index (χ2v) is 4.05. The molecule has 1 heterocycles. The Bertz CT molecular complexity index is 700. The molecule has 0 atom stereocenters. The molecule has 0 unspecified atom stereocenters. The Labute approximate surface area is 103 Å². The van der Waals surface area contributed by atoms with Crippen molar-refractivity contribution in [3.8, 4) is 5.75 Å². The van der Waals surface area contributed by atoms with Crippen molar-refractivity contribution < 1.29 is 15.0 Å². The Balaban J connectivity index is 3.11. The number of para-hydroxylation sites is 1. The molecule has 0 fully saturated rings. The second kappa shape index (κ2) is 4.18. The highest BCUT2D eigenvalue weighted by Gasteiger charge is 2.21. The van der Waals surface area contributed by atoms with Gasteiger partial charge in [-0.1, -0.05) is 12.1 Å². The van der Waals surface area contributed by atoms with Gasteiger partial charge in [-0.15, -0.1) is 0 Å². The van der Waals surface area contributed by atoms with Crippen LogP contribution in [0.2, 0.25) is 0 Å². The van der Waals surface area contributed by atoms with E-state index >= 15 is 0 Å². The number of pyridine rings is 1. The average molecular weight is 247 g/mol. The molecular formula is C13H13NO4. The van der Waals surface area contributed by atoms with Gasteiger partial charge >= 0.3 is 5.97 Å². The Morgan fingerprint density at radius 3 is 2.61 bits per heavy atom. The summed E-state index contributed by atoms with van der Waals surface area (Å²) in [4.78, 5) is 23.1. The van der Waals surface area contributed by atoms with Gasteiger partial charge in [0.1, 0.15) is 5.75 Å². The predicted molar refractivity (Wildman–Crippen MR) is 67.2 cm³/mol. The van der Waals surface area contributed by atoms with E-state index in [1.165, 1.54) is 4.57 Å². The third-order valence-electron chi connectivity index (χ3n) is 2.99. The number of rotatable bonds is 2. The number of aryl methyl sites for hydroxylation is 2. The number of hydrogen-bond acceptors (Lipinski definition) is 3. The number of carboxylic acids is 1. The summed E-state index contributed by atoms with van der Waals surface area (Å²) in [5, 5.41) is 19.4. The van der Waals surface area contributed by atoms with Crippen LogP contribution in [0.1, 0.15) is 22.8 Å². The van der Waals surface area contributed by atoms with E-state index in [-0.39, 0.29) is 0 Å². The highest BCUT2D eigenvalue weighted by atomic mass is 16.4. The number of carboxylic acid groups (broad SMARTS) is 1. The van der Waals surface area contributed by atoms with E-state index < -0.39 is 22.8 Å². The lowest BCUT2D eigenvalue weighted by atomic mass is 10.1. The predicted octanol–water partition coefficient (Wildman–Crippen LogP) is 1.73. The fraction of sp³-hybridized carbons (Fsp3) is 0.231. The molecule has 2 N–H and O–H groups in total. The molecule has 2 aromatic rings. The standard InChI is InChI=1S/C13H13NO4/c1-3-14-10-7(2)5-4-6-8(10)11(15)9(12(14)16)13(17)18/h4-6,15H,3H2,1-2H3,(H,17,18). The van der Waals surface area contributed by atoms with Gasteiger partial charge in [-0.3, -0.25) is 4.79 Å². The molecule has 0 spiro atoms. The molecule has 1 aromatic heterocycles. The Hall–Kier alpha value is -2.30. The molecule has 0 aliphatic rings. The molecule has 0 saturated carbocycles. The van der Waals surface area contributed by atoms with Crippen molar-refractivity contribution in [2.45, 2.75) is 20.4 Å². The monoisotopic (exact) mass is 247 g/mol. The molecule has 0 radical (unpaired) electrons. The van der Waals surface area contributed by atoms with Gasteiger partial charge in [0.15, 0.2) is 5.56 Å². The van der Waals surface area contributed by atoms with Crippen LogP contribution >= 0.6 is 0 Å². The Kier molecular flexibility index (Phi) is 2.82. The first-order valence-corrected chi connectivity index (χ1v) is 5.57. The van der Waals surface area contributed by atoms with Crippen LogP contribution in [0, 0.1) is 6.92 Å². The van der Waals surface area contributed by atoms with Crippen LogP contribution < -0.4 is 5.56 Å². The number of aromatic nitrogens is 1. The minimum atomic E-state index is -1.41. The van der Waals surface area contributed by atoms with E-state index in [0.717, 1.165) is 5.56 Å². The molecule has 0 aliphatic carbocycles. The molecule has 2 rings (SSSR count). The van der Waals surface area contributed by atoms with E-state index in [0.29, 0.717) is 17.4 Å². The number of aromatic carboxylic acids is 1. The fourth-order valence-corrected chi connectivity index (χ4v) is 2.18. The van der Waals surface area contributed by atoms with Crippen molar-refractivity contribution in [3.63, 3.8) is 0 Å². The molecule has 0 bridgehead atoms. The number of fused-ring (bicyclic) bond motifs is 1. The van der Waals surface area contributed by atoms with Gasteiger partial charge in [-0.05, 0) is 25.5 Å². The van der Waals surface area contributed by atoms with Crippen molar-refractivity contribution in [2.24, 2.45) is 0 Å². The molecule has 5 heteroatoms. The van der Waals surface area contributed by atoms with E-state index in [1.54, 1.807) is 19.1 Å². The molecular weight excluding hydrogens is 234 g/mol. The van der Waals surface area contributed by atoms with Crippen LogP contribution in [0.25, 0.3) is 10.9 Å². The molecule has 0 amide bonds. The summed E-state index contributed by atoms with van der Waals surface area (Å²) in [7, 11) is 0. The first-order valence-electron chi connectivity index (χ1n) is 5.57. The van der Waals surface area contributed by atoms with Gasteiger partial charge < -0.3 is 14.8 Å². The van der Waals surface area contributed by atoms with Crippen molar-refractivity contribution in [1.82, 2.24) is 4.57 Å². The Morgan fingerprint density at radius 2 is 2.06 bits per heavy atom. The normalized spacial score (nSPS) is 10.8.